The highest BCUT2D eigenvalue weighted by atomic mass is 32.2. The molecule has 1 aromatic heterocycles. The molecule has 10 heteroatoms. The molecule has 1 aromatic carbocycles. The van der Waals surface area contributed by atoms with Crippen molar-refractivity contribution in [2.24, 2.45) is 0 Å². The van der Waals surface area contributed by atoms with Crippen molar-refractivity contribution in [1.29, 1.82) is 0 Å². The topological polar surface area (TPSA) is 72.7 Å². The Kier molecular flexibility index (Phi) is 5.45. The molecule has 6 nitrogen and oxygen atoms in total. The predicted molar refractivity (Wildman–Crippen MR) is 94.3 cm³/mol. The fourth-order valence-electron chi connectivity index (χ4n) is 2.55. The number of halogens is 3. The number of hydrogen-bond acceptors (Lipinski definition) is 5. The molecule has 1 amide bonds. The van der Waals surface area contributed by atoms with Crippen LogP contribution in [-0.4, -0.2) is 38.4 Å². The van der Waals surface area contributed by atoms with E-state index in [1.54, 1.807) is 24.6 Å². The van der Waals surface area contributed by atoms with E-state index in [0.717, 1.165) is 25.0 Å². The molecule has 0 bridgehead atoms. The first-order valence-electron chi connectivity index (χ1n) is 8.52. The van der Waals surface area contributed by atoms with Crippen molar-refractivity contribution in [3.63, 3.8) is 0 Å². The van der Waals surface area contributed by atoms with Crippen LogP contribution in [0.5, 0.6) is 0 Å². The van der Waals surface area contributed by atoms with Crippen molar-refractivity contribution in [3.8, 4) is 0 Å². The minimum atomic E-state index is -4.39. The summed E-state index contributed by atoms with van der Waals surface area (Å²) in [6.45, 7) is 3.81. The zero-order chi connectivity index (χ0) is 19.7. The summed E-state index contributed by atoms with van der Waals surface area (Å²) in [6.07, 6.45) is -2.32. The number of carbonyl (C=O) groups excluding carboxylic acids is 1. The summed E-state index contributed by atoms with van der Waals surface area (Å²) in [5.74, 6) is -0.0726. The maximum atomic E-state index is 12.9. The van der Waals surface area contributed by atoms with Gasteiger partial charge in [0.2, 0.25) is 11.1 Å². The highest BCUT2D eigenvalue weighted by molar-refractivity contribution is 7.99. The van der Waals surface area contributed by atoms with E-state index in [2.05, 4.69) is 20.8 Å². The Hall–Kier alpha value is -2.10. The Labute approximate surface area is 158 Å². The van der Waals surface area contributed by atoms with E-state index in [9.17, 15) is 18.0 Å². The van der Waals surface area contributed by atoms with Crippen LogP contribution in [0, 0.1) is 0 Å². The summed E-state index contributed by atoms with van der Waals surface area (Å²) in [5, 5.41) is 14.9. The second-order valence-corrected chi connectivity index (χ2v) is 8.11. The summed E-state index contributed by atoms with van der Waals surface area (Å²) < 4.78 is 40.5. The van der Waals surface area contributed by atoms with Crippen molar-refractivity contribution in [1.82, 2.24) is 25.5 Å². The van der Waals surface area contributed by atoms with Crippen molar-refractivity contribution in [2.45, 2.75) is 49.5 Å². The first-order chi connectivity index (χ1) is 12.7. The first kappa shape index (κ1) is 19.7. The second kappa shape index (κ2) is 7.49. The first-order valence-corrected chi connectivity index (χ1v) is 9.50. The number of rotatable bonds is 7. The van der Waals surface area contributed by atoms with Crippen molar-refractivity contribution in [3.05, 3.63) is 35.4 Å². The Bertz CT molecular complexity index is 817. The van der Waals surface area contributed by atoms with Crippen molar-refractivity contribution >= 4 is 17.7 Å². The van der Waals surface area contributed by atoms with Gasteiger partial charge in [0.1, 0.15) is 0 Å². The average molecular weight is 399 g/mol. The average Bonchev–Trinajstić information content (AvgIpc) is 3.35. The largest absolute Gasteiger partial charge is 0.416 e. The van der Waals surface area contributed by atoms with Crippen LogP contribution in [-0.2, 0) is 16.4 Å². The third kappa shape index (κ3) is 5.00. The van der Waals surface area contributed by atoms with Crippen LogP contribution in [0.2, 0.25) is 0 Å². The Morgan fingerprint density at radius 3 is 2.67 bits per heavy atom. The molecule has 0 radical (unpaired) electrons. The molecule has 1 aliphatic rings. The van der Waals surface area contributed by atoms with Gasteiger partial charge in [-0.05, 0) is 34.9 Å². The quantitative estimate of drug-likeness (QED) is 0.724. The molecule has 3 rings (SSSR count). The van der Waals surface area contributed by atoms with Crippen LogP contribution in [0.15, 0.2) is 29.4 Å². The van der Waals surface area contributed by atoms with Gasteiger partial charge in [0.05, 0.1) is 17.4 Å². The van der Waals surface area contributed by atoms with E-state index in [0.29, 0.717) is 16.8 Å². The Balaban J connectivity index is 1.55. The summed E-state index contributed by atoms with van der Waals surface area (Å²) in [6, 6.07) is 5.52. The molecule has 1 heterocycles. The Morgan fingerprint density at radius 2 is 2.00 bits per heavy atom. The number of nitrogens with one attached hydrogen (secondary N) is 1. The molecule has 1 aliphatic carbocycles. The van der Waals surface area contributed by atoms with E-state index in [1.807, 2.05) is 0 Å². The summed E-state index contributed by atoms with van der Waals surface area (Å²) in [7, 11) is 0. The Morgan fingerprint density at radius 1 is 1.30 bits per heavy atom. The molecule has 1 fully saturated rings. The second-order valence-electron chi connectivity index (χ2n) is 7.17. The fraction of sp³-hybridized carbons (Fsp3) is 0.529. The molecule has 0 saturated heterocycles. The molecule has 27 heavy (non-hydrogen) atoms. The number of hydrogen-bond donors (Lipinski definition) is 1. The predicted octanol–water partition coefficient (Wildman–Crippen LogP) is 3.21. The van der Waals surface area contributed by atoms with Crippen molar-refractivity contribution < 1.29 is 18.0 Å². The minimum absolute atomic E-state index is 0.145. The van der Waals surface area contributed by atoms with Crippen LogP contribution in [0.3, 0.4) is 0 Å². The van der Waals surface area contributed by atoms with Gasteiger partial charge in [-0.25, -0.2) is 4.68 Å². The van der Waals surface area contributed by atoms with Gasteiger partial charge >= 0.3 is 6.18 Å². The van der Waals surface area contributed by atoms with Crippen LogP contribution >= 0.6 is 11.8 Å². The SMILES string of the molecule is CC(C)(CNC(=O)CSc1nnnn1C1CC1)c1cccc(C(F)(F)F)c1. The lowest BCUT2D eigenvalue weighted by molar-refractivity contribution is -0.137. The monoisotopic (exact) mass is 399 g/mol. The van der Waals surface area contributed by atoms with Crippen LogP contribution < -0.4 is 5.32 Å². The van der Waals surface area contributed by atoms with E-state index in [4.69, 9.17) is 0 Å². The number of benzene rings is 1. The molecule has 2 aromatic rings. The van der Waals surface area contributed by atoms with Gasteiger partial charge in [0.15, 0.2) is 0 Å². The maximum absolute atomic E-state index is 12.9. The van der Waals surface area contributed by atoms with Gasteiger partial charge in [-0.2, -0.15) is 13.2 Å². The lowest BCUT2D eigenvalue weighted by Gasteiger charge is -2.26. The van der Waals surface area contributed by atoms with Gasteiger partial charge < -0.3 is 5.32 Å². The summed E-state index contributed by atoms with van der Waals surface area (Å²) in [5.41, 5.74) is -0.818. The van der Waals surface area contributed by atoms with E-state index < -0.39 is 17.2 Å². The van der Waals surface area contributed by atoms with E-state index >= 15 is 0 Å². The number of amides is 1. The summed E-state index contributed by atoms with van der Waals surface area (Å²) >= 11 is 1.25. The molecule has 1 saturated carbocycles. The van der Waals surface area contributed by atoms with Gasteiger partial charge in [-0.15, -0.1) is 5.10 Å². The van der Waals surface area contributed by atoms with Crippen LogP contribution in [0.4, 0.5) is 13.2 Å². The molecule has 1 N–H and O–H groups in total. The zero-order valence-corrected chi connectivity index (χ0v) is 15.8. The number of aromatic nitrogens is 4. The molecule has 0 spiro atoms. The lowest BCUT2D eigenvalue weighted by Crippen LogP contribution is -2.37. The summed E-state index contributed by atoms with van der Waals surface area (Å²) in [4.78, 5) is 12.1. The smallest absolute Gasteiger partial charge is 0.355 e. The number of tetrazole rings is 1. The number of nitrogens with zero attached hydrogens (tertiary/aromatic N) is 4. The number of carbonyl (C=O) groups is 1. The molecule has 0 unspecified atom stereocenters. The standard InChI is InChI=1S/C17H20F3N5OS/c1-16(2,11-4-3-5-12(8-11)17(18,19)20)10-21-14(26)9-27-15-22-23-24-25(15)13-6-7-13/h3-5,8,13H,6-7,9-10H2,1-2H3,(H,21,26). The number of alkyl halides is 3. The fourth-order valence-corrected chi connectivity index (χ4v) is 3.32. The van der Waals surface area contributed by atoms with Gasteiger partial charge in [0.25, 0.3) is 0 Å². The normalized spacial score (nSPS) is 15.0. The third-order valence-electron chi connectivity index (χ3n) is 4.39. The zero-order valence-electron chi connectivity index (χ0n) is 15.0. The minimum Gasteiger partial charge on any atom is -0.355 e. The third-order valence-corrected chi connectivity index (χ3v) is 5.32. The van der Waals surface area contributed by atoms with Crippen LogP contribution in [0.1, 0.15) is 43.9 Å². The molecular formula is C17H20F3N5OS. The van der Waals surface area contributed by atoms with E-state index in [1.165, 1.54) is 17.8 Å². The molecule has 0 atom stereocenters. The maximum Gasteiger partial charge on any atom is 0.416 e. The van der Waals surface area contributed by atoms with Crippen molar-refractivity contribution in [2.75, 3.05) is 12.3 Å². The number of thioether (sulfide) groups is 1. The van der Waals surface area contributed by atoms with Gasteiger partial charge in [0, 0.05) is 12.0 Å². The highest BCUT2D eigenvalue weighted by Crippen LogP contribution is 2.36. The van der Waals surface area contributed by atoms with E-state index in [-0.39, 0.29) is 18.2 Å². The molecule has 146 valence electrons. The van der Waals surface area contributed by atoms with Gasteiger partial charge in [-0.1, -0.05) is 43.8 Å². The molecule has 0 aliphatic heterocycles. The molecular weight excluding hydrogens is 379 g/mol. The lowest BCUT2D eigenvalue weighted by atomic mass is 9.83. The van der Waals surface area contributed by atoms with Gasteiger partial charge in [-0.3, -0.25) is 4.79 Å². The van der Waals surface area contributed by atoms with Crippen LogP contribution in [0.25, 0.3) is 0 Å². The highest BCUT2D eigenvalue weighted by Gasteiger charge is 2.32.